The predicted molar refractivity (Wildman–Crippen MR) is 139 cm³/mol. The van der Waals surface area contributed by atoms with Crippen molar-refractivity contribution in [2.24, 2.45) is 0 Å². The average molecular weight is 545 g/mol. The van der Waals surface area contributed by atoms with E-state index in [0.717, 1.165) is 36.9 Å². The number of hydrogen-bond acceptors (Lipinski definition) is 10. The smallest absolute Gasteiger partial charge is 0.284 e. The summed E-state index contributed by atoms with van der Waals surface area (Å²) in [6, 6.07) is 9.76. The van der Waals surface area contributed by atoms with Crippen LogP contribution in [0.25, 0.3) is 0 Å². The van der Waals surface area contributed by atoms with Gasteiger partial charge in [0, 0.05) is 44.8 Å². The van der Waals surface area contributed by atoms with E-state index in [2.05, 4.69) is 29.9 Å². The number of nitrogens with two attached hydrogens (primary N) is 1. The van der Waals surface area contributed by atoms with Gasteiger partial charge in [-0.2, -0.15) is 9.67 Å². The Hall–Kier alpha value is -3.88. The molecule has 0 atom stereocenters. The highest BCUT2D eigenvalue weighted by Crippen LogP contribution is 2.20. The van der Waals surface area contributed by atoms with Gasteiger partial charge in [-0.25, -0.2) is 17.5 Å². The van der Waals surface area contributed by atoms with E-state index in [9.17, 15) is 22.4 Å². The third-order valence-corrected chi connectivity index (χ3v) is 7.57. The second-order valence-corrected chi connectivity index (χ2v) is 10.7. The Labute approximate surface area is 219 Å². The molecular formula is C24H29FN8O4S. The molecule has 3 aromatic rings. The minimum absolute atomic E-state index is 0.0438. The quantitative estimate of drug-likeness (QED) is 0.376. The summed E-state index contributed by atoms with van der Waals surface area (Å²) in [5.41, 5.74) is 6.47. The van der Waals surface area contributed by atoms with Crippen molar-refractivity contribution in [3.05, 3.63) is 59.4 Å². The average Bonchev–Trinajstić information content (AvgIpc) is 3.23. The van der Waals surface area contributed by atoms with E-state index in [1.54, 1.807) is 13.0 Å². The van der Waals surface area contributed by atoms with Crippen molar-refractivity contribution in [3.8, 4) is 0 Å². The van der Waals surface area contributed by atoms with Crippen LogP contribution in [0.15, 0.2) is 47.4 Å². The largest absolute Gasteiger partial charge is 0.368 e. The molecule has 2 heterocycles. The van der Waals surface area contributed by atoms with Gasteiger partial charge in [0.25, 0.3) is 15.9 Å². The number of nitrogen functional groups attached to an aromatic ring is 1. The number of amides is 1. The van der Waals surface area contributed by atoms with Gasteiger partial charge in [-0.3, -0.25) is 9.59 Å². The highest BCUT2D eigenvalue weighted by atomic mass is 32.2. The maximum atomic E-state index is 14.2. The summed E-state index contributed by atoms with van der Waals surface area (Å²) < 4.78 is 42.4. The van der Waals surface area contributed by atoms with Crippen LogP contribution < -0.4 is 15.8 Å². The number of nitrogens with one attached hydrogen (secondary N) is 2. The maximum absolute atomic E-state index is 14.2. The molecule has 202 valence electrons. The highest BCUT2D eigenvalue weighted by molar-refractivity contribution is 7.90. The lowest BCUT2D eigenvalue weighted by Crippen LogP contribution is -2.45. The fourth-order valence-corrected chi connectivity index (χ4v) is 4.99. The van der Waals surface area contributed by atoms with Crippen molar-refractivity contribution in [3.63, 3.8) is 0 Å². The van der Waals surface area contributed by atoms with Gasteiger partial charge in [-0.1, -0.05) is 12.1 Å². The van der Waals surface area contributed by atoms with Crippen molar-refractivity contribution in [2.75, 3.05) is 50.8 Å². The van der Waals surface area contributed by atoms with Gasteiger partial charge in [-0.05, 0) is 49.9 Å². The first-order valence-electron chi connectivity index (χ1n) is 11.9. The Kier molecular flexibility index (Phi) is 8.04. The SMILES string of the molecule is Cc1cccc(F)c1C(=O)n1nc(Nc2ccc(S(=O)(=O)NC(=O)CCN3CCN(C)CC3)cc2)nc1N. The summed E-state index contributed by atoms with van der Waals surface area (Å²) in [5, 5.41) is 6.83. The summed E-state index contributed by atoms with van der Waals surface area (Å²) in [6.07, 6.45) is 0.0729. The maximum Gasteiger partial charge on any atom is 0.284 e. The predicted octanol–water partition coefficient (Wildman–Crippen LogP) is 1.18. The first-order chi connectivity index (χ1) is 18.0. The molecule has 0 radical (unpaired) electrons. The third kappa shape index (κ3) is 6.33. The van der Waals surface area contributed by atoms with Crippen LogP contribution >= 0.6 is 0 Å². The molecule has 12 nitrogen and oxygen atoms in total. The van der Waals surface area contributed by atoms with Crippen LogP contribution in [-0.2, 0) is 14.8 Å². The minimum Gasteiger partial charge on any atom is -0.368 e. The summed E-state index contributed by atoms with van der Waals surface area (Å²) in [4.78, 5) is 33.2. The fraction of sp³-hybridized carbons (Fsp3) is 0.333. The Bertz CT molecular complexity index is 1410. The Morgan fingerprint density at radius 2 is 1.76 bits per heavy atom. The molecule has 38 heavy (non-hydrogen) atoms. The van der Waals surface area contributed by atoms with Crippen LogP contribution in [0.2, 0.25) is 0 Å². The zero-order valence-electron chi connectivity index (χ0n) is 21.0. The number of carbonyl (C=O) groups excluding carboxylic acids is 2. The number of carbonyl (C=O) groups is 2. The van der Waals surface area contributed by atoms with Crippen LogP contribution in [0.3, 0.4) is 0 Å². The molecule has 0 unspecified atom stereocenters. The Morgan fingerprint density at radius 1 is 1.08 bits per heavy atom. The molecule has 1 aliphatic rings. The number of piperazine rings is 1. The van der Waals surface area contributed by atoms with Crippen molar-refractivity contribution < 1.29 is 22.4 Å². The standard InChI is InChI=1S/C24H29FN8O4S/c1-16-4-3-5-19(25)21(16)22(35)33-23(26)28-24(29-33)27-17-6-8-18(9-7-17)38(36,37)30-20(34)10-11-32-14-12-31(2)13-15-32/h3-9H,10-15H2,1-2H3,(H,30,34)(H3,26,27,28,29). The van der Waals surface area contributed by atoms with Gasteiger partial charge >= 0.3 is 0 Å². The van der Waals surface area contributed by atoms with E-state index in [1.165, 1.54) is 30.3 Å². The number of aromatic nitrogens is 3. The molecule has 2 aromatic carbocycles. The molecule has 0 aliphatic carbocycles. The number of rotatable bonds is 8. The molecule has 1 aliphatic heterocycles. The second kappa shape index (κ2) is 11.2. The molecule has 0 saturated carbocycles. The number of halogens is 1. The number of hydrogen-bond donors (Lipinski definition) is 3. The summed E-state index contributed by atoms with van der Waals surface area (Å²) in [7, 11) is -2.02. The Balaban J connectivity index is 1.37. The van der Waals surface area contributed by atoms with Gasteiger partial charge in [0.15, 0.2) is 0 Å². The molecular weight excluding hydrogens is 515 g/mol. The van der Waals surface area contributed by atoms with Crippen molar-refractivity contribution in [1.29, 1.82) is 0 Å². The number of nitrogens with zero attached hydrogens (tertiary/aromatic N) is 5. The van der Waals surface area contributed by atoms with Gasteiger partial charge in [0.1, 0.15) is 5.82 Å². The van der Waals surface area contributed by atoms with E-state index < -0.39 is 27.7 Å². The molecule has 14 heteroatoms. The molecule has 1 amide bonds. The zero-order chi connectivity index (χ0) is 27.4. The number of sulfonamides is 1. The van der Waals surface area contributed by atoms with Gasteiger partial charge in [-0.15, -0.1) is 5.10 Å². The normalized spacial score (nSPS) is 14.8. The summed E-state index contributed by atoms with van der Waals surface area (Å²) in [6.45, 7) is 5.56. The van der Waals surface area contributed by atoms with E-state index in [4.69, 9.17) is 5.73 Å². The van der Waals surface area contributed by atoms with Crippen LogP contribution in [0.5, 0.6) is 0 Å². The Morgan fingerprint density at radius 3 is 2.42 bits per heavy atom. The molecule has 0 spiro atoms. The zero-order valence-corrected chi connectivity index (χ0v) is 21.8. The lowest BCUT2D eigenvalue weighted by Gasteiger charge is -2.32. The van der Waals surface area contributed by atoms with Gasteiger partial charge in [0.2, 0.25) is 17.8 Å². The molecule has 1 aromatic heterocycles. The number of likely N-dealkylation sites (N-methyl/N-ethyl adjacent to an activating group) is 1. The van der Waals surface area contributed by atoms with E-state index >= 15 is 0 Å². The first-order valence-corrected chi connectivity index (χ1v) is 13.4. The fourth-order valence-electron chi connectivity index (χ4n) is 3.97. The van der Waals surface area contributed by atoms with Crippen LogP contribution in [0, 0.1) is 12.7 Å². The van der Waals surface area contributed by atoms with Gasteiger partial charge in [0.05, 0.1) is 10.5 Å². The van der Waals surface area contributed by atoms with Crippen LogP contribution in [-0.4, -0.2) is 84.6 Å². The topological polar surface area (TPSA) is 156 Å². The molecule has 4 N–H and O–H groups in total. The monoisotopic (exact) mass is 544 g/mol. The van der Waals surface area contributed by atoms with Crippen molar-refractivity contribution in [2.45, 2.75) is 18.2 Å². The van der Waals surface area contributed by atoms with E-state index in [-0.39, 0.29) is 28.8 Å². The lowest BCUT2D eigenvalue weighted by molar-refractivity contribution is -0.119. The minimum atomic E-state index is -4.05. The molecule has 1 fully saturated rings. The second-order valence-electron chi connectivity index (χ2n) is 9.02. The molecule has 0 bridgehead atoms. The number of aryl methyl sites for hydroxylation is 1. The third-order valence-electron chi connectivity index (χ3n) is 6.18. The molecule has 1 saturated heterocycles. The van der Waals surface area contributed by atoms with Crippen molar-refractivity contribution in [1.82, 2.24) is 29.3 Å². The first kappa shape index (κ1) is 27.2. The highest BCUT2D eigenvalue weighted by Gasteiger charge is 2.22. The number of benzene rings is 2. The van der Waals surface area contributed by atoms with E-state index in [0.29, 0.717) is 17.8 Å². The number of anilines is 3. The van der Waals surface area contributed by atoms with Crippen LogP contribution in [0.1, 0.15) is 22.3 Å². The molecule has 4 rings (SSSR count). The van der Waals surface area contributed by atoms with E-state index in [1.807, 2.05) is 7.05 Å². The summed E-state index contributed by atoms with van der Waals surface area (Å²) >= 11 is 0. The van der Waals surface area contributed by atoms with Gasteiger partial charge < -0.3 is 20.9 Å². The van der Waals surface area contributed by atoms with Crippen molar-refractivity contribution >= 4 is 39.4 Å². The lowest BCUT2D eigenvalue weighted by atomic mass is 10.1. The van der Waals surface area contributed by atoms with Crippen LogP contribution in [0.4, 0.5) is 22.0 Å². The summed E-state index contributed by atoms with van der Waals surface area (Å²) in [5.74, 6) is -2.35.